The molecule has 4 N–H and O–H groups in total. The summed E-state index contributed by atoms with van der Waals surface area (Å²) in [7, 11) is 1.43. The van der Waals surface area contributed by atoms with Crippen LogP contribution in [0.25, 0.3) is 0 Å². The van der Waals surface area contributed by atoms with E-state index in [2.05, 4.69) is 6.08 Å². The van der Waals surface area contributed by atoms with Crippen molar-refractivity contribution in [2.45, 2.75) is 160 Å². The lowest BCUT2D eigenvalue weighted by Crippen LogP contribution is -2.56. The van der Waals surface area contributed by atoms with Crippen LogP contribution in [0.3, 0.4) is 0 Å². The van der Waals surface area contributed by atoms with E-state index in [-0.39, 0.29) is 53.9 Å². The lowest BCUT2D eigenvalue weighted by molar-refractivity contribution is -0.318. The Balaban J connectivity index is 0.952. The summed E-state index contributed by atoms with van der Waals surface area (Å²) in [5.41, 5.74) is -2.00. The second kappa shape index (κ2) is 19.6. The van der Waals surface area contributed by atoms with Gasteiger partial charge in [-0.1, -0.05) is 61.7 Å². The van der Waals surface area contributed by atoms with E-state index >= 15 is 0 Å². The lowest BCUT2D eigenvalue weighted by Gasteiger charge is -2.51. The van der Waals surface area contributed by atoms with Crippen molar-refractivity contribution in [3.63, 3.8) is 0 Å². The standard InChI is InChI=1S/C50H63ClO16/c1-24-23-50-29(20-31(24)45(55)56)13-10-8-7-9-12-28-16-17-30-32(49(28,5)48(59)66-43(44(50)54)47(58)67-50)14-11-15-35(30)63-38-21-34(52)42(27(4)62-38)65-39-22-37(41(53)26(3)61-39)64-46(57)40-25(2)33(51)18-19-36(40)60-6/h10,13,16-20,24,26-30,32,34-35,37-39,41-42,52-54H,7-9,11-12,14-15,21-23H2,1-6H3,(H,55,56)/b13-10+/t24?,26-,27-,28-,29-,30+,32-,34-,35+,37-,38+,39+,41-,42-,49-,50+/m1/s1. The molecule has 1 aromatic rings. The molecule has 1 saturated carbocycles. The number of ether oxygens (including phenoxy) is 8. The van der Waals surface area contributed by atoms with Crippen LogP contribution in [-0.2, 0) is 47.5 Å². The van der Waals surface area contributed by atoms with Gasteiger partial charge in [0.1, 0.15) is 29.6 Å². The highest BCUT2D eigenvalue weighted by atomic mass is 35.5. The summed E-state index contributed by atoms with van der Waals surface area (Å²) in [6.45, 7) is 8.63. The van der Waals surface area contributed by atoms with Gasteiger partial charge in [0.15, 0.2) is 23.9 Å². The maximum Gasteiger partial charge on any atom is 0.379 e. The summed E-state index contributed by atoms with van der Waals surface area (Å²) in [6, 6.07) is 3.18. The fourth-order valence-electron chi connectivity index (χ4n) is 11.7. The van der Waals surface area contributed by atoms with Crippen molar-refractivity contribution in [2.24, 2.45) is 35.0 Å². The Kier molecular flexibility index (Phi) is 14.4. The zero-order chi connectivity index (χ0) is 48.1. The summed E-state index contributed by atoms with van der Waals surface area (Å²) in [5, 5.41) is 44.6. The smallest absolute Gasteiger partial charge is 0.379 e. The molecule has 0 aromatic heterocycles. The van der Waals surface area contributed by atoms with Crippen LogP contribution < -0.4 is 4.74 Å². The number of benzene rings is 1. The number of carbonyl (C=O) groups is 4. The van der Waals surface area contributed by atoms with Gasteiger partial charge in [-0.05, 0) is 95.2 Å². The summed E-state index contributed by atoms with van der Waals surface area (Å²) < 4.78 is 48.4. The Morgan fingerprint density at radius 3 is 2.39 bits per heavy atom. The number of hydrogen-bond donors (Lipinski definition) is 4. The minimum absolute atomic E-state index is 0.00846. The predicted octanol–water partition coefficient (Wildman–Crippen LogP) is 6.96. The minimum Gasteiger partial charge on any atom is -0.505 e. The van der Waals surface area contributed by atoms with Gasteiger partial charge in [-0.15, -0.1) is 0 Å². The van der Waals surface area contributed by atoms with Crippen molar-refractivity contribution in [3.05, 3.63) is 75.8 Å². The van der Waals surface area contributed by atoms with Crippen LogP contribution in [0.5, 0.6) is 5.75 Å². The quantitative estimate of drug-likeness (QED) is 0.117. The van der Waals surface area contributed by atoms with Crippen molar-refractivity contribution in [3.8, 4) is 5.75 Å². The molecule has 1 spiro atoms. The molecule has 16 nitrogen and oxygen atoms in total. The van der Waals surface area contributed by atoms with Gasteiger partial charge < -0.3 is 58.3 Å². The van der Waals surface area contributed by atoms with Crippen LogP contribution in [0.15, 0.2) is 59.6 Å². The van der Waals surface area contributed by atoms with Crippen molar-refractivity contribution in [1.29, 1.82) is 0 Å². The largest absolute Gasteiger partial charge is 0.505 e. The number of carboxylic acids is 1. The normalized spacial score (nSPS) is 40.5. The molecular weight excluding hydrogens is 892 g/mol. The van der Waals surface area contributed by atoms with Gasteiger partial charge in [0.05, 0.1) is 36.9 Å². The Bertz CT molecular complexity index is 2210. The molecule has 8 rings (SSSR count). The van der Waals surface area contributed by atoms with Crippen LogP contribution in [0, 0.1) is 41.9 Å². The number of rotatable bonds is 8. The van der Waals surface area contributed by atoms with Crippen LogP contribution in [0.1, 0.15) is 108 Å². The number of allylic oxidation sites excluding steroid dienone is 2. The molecule has 17 heteroatoms. The maximum absolute atomic E-state index is 14.8. The van der Waals surface area contributed by atoms with Crippen molar-refractivity contribution < 1.29 is 77.5 Å². The van der Waals surface area contributed by atoms with E-state index in [0.29, 0.717) is 42.7 Å². The Hall–Kier alpha value is -4.29. The first-order valence-electron chi connectivity index (χ1n) is 23.6. The third-order valence-corrected chi connectivity index (χ3v) is 15.9. The number of aliphatic carboxylic acids is 1. The van der Waals surface area contributed by atoms with Crippen molar-refractivity contribution >= 4 is 35.5 Å². The van der Waals surface area contributed by atoms with E-state index < -0.39 is 114 Å². The van der Waals surface area contributed by atoms with Gasteiger partial charge in [-0.25, -0.2) is 14.4 Å². The number of halogens is 1. The molecular formula is C50H63ClO16. The summed E-state index contributed by atoms with van der Waals surface area (Å²) in [4.78, 5) is 53.9. The number of esters is 3. The van der Waals surface area contributed by atoms with Crippen molar-refractivity contribution in [1.82, 2.24) is 0 Å². The predicted molar refractivity (Wildman–Crippen MR) is 238 cm³/mol. The number of carboxylic acid groups (broad SMARTS) is 1. The fraction of sp³-hybridized carbons (Fsp3) is 0.640. The van der Waals surface area contributed by atoms with Gasteiger partial charge in [0, 0.05) is 41.7 Å². The van der Waals surface area contributed by atoms with Gasteiger partial charge in [-0.3, -0.25) is 4.79 Å². The third kappa shape index (κ3) is 9.19. The molecule has 3 fully saturated rings. The molecule has 0 radical (unpaired) electrons. The van der Waals surface area contributed by atoms with Crippen LogP contribution in [0.4, 0.5) is 0 Å². The summed E-state index contributed by atoms with van der Waals surface area (Å²) >= 11 is 6.30. The van der Waals surface area contributed by atoms with E-state index in [1.807, 2.05) is 19.1 Å². The van der Waals surface area contributed by atoms with Crippen LogP contribution in [-0.4, -0.2) is 112 Å². The molecule has 4 aliphatic heterocycles. The van der Waals surface area contributed by atoms with E-state index in [4.69, 9.17) is 49.5 Å². The molecule has 2 saturated heterocycles. The first-order valence-corrected chi connectivity index (χ1v) is 24.0. The highest BCUT2D eigenvalue weighted by Crippen LogP contribution is 2.55. The molecule has 4 heterocycles. The van der Waals surface area contributed by atoms with E-state index in [0.717, 1.165) is 12.8 Å². The monoisotopic (exact) mass is 954 g/mol. The second-order valence-electron chi connectivity index (χ2n) is 19.5. The SMILES string of the molecule is COc1ccc(Cl)c(C)c1C(=O)O[C@@H]1C[C@H](O[C@H]2[C@H](O)C[C@H](O[C@H]3CCC[C@@H]4[C@@H]3C=C[C@H]3CCCC/C=C/[C@@H]5C=C(C(=O)O)C(C)C[C@]56OC(=O)C(=C6O)OC(=O)[C@@]43C)O[C@@H]2C)O[C@H](C)[C@H]1O. The number of hydrogen-bond acceptors (Lipinski definition) is 15. The average molecular weight is 955 g/mol. The van der Waals surface area contributed by atoms with Crippen LogP contribution >= 0.6 is 11.6 Å². The molecule has 7 aliphatic rings. The molecule has 2 bridgehead atoms. The number of aliphatic hydroxyl groups is 3. The van der Waals surface area contributed by atoms with Crippen molar-refractivity contribution in [2.75, 3.05) is 7.11 Å². The number of methoxy groups -OCH3 is 1. The minimum atomic E-state index is -1.62. The Morgan fingerprint density at radius 1 is 0.910 bits per heavy atom. The topological polar surface area (TPSA) is 223 Å². The highest BCUT2D eigenvalue weighted by molar-refractivity contribution is 6.32. The Labute approximate surface area is 395 Å². The number of carbonyl (C=O) groups excluding carboxylic acids is 3. The molecule has 366 valence electrons. The molecule has 3 aliphatic carbocycles. The number of fused-ring (bicyclic) bond motifs is 3. The summed E-state index contributed by atoms with van der Waals surface area (Å²) in [5.74, 6) is -6.44. The fourth-order valence-corrected chi connectivity index (χ4v) is 11.8. The summed E-state index contributed by atoms with van der Waals surface area (Å²) in [6.07, 6.45) is 6.54. The molecule has 1 unspecified atom stereocenters. The molecule has 67 heavy (non-hydrogen) atoms. The van der Waals surface area contributed by atoms with E-state index in [1.54, 1.807) is 45.9 Å². The Morgan fingerprint density at radius 2 is 1.66 bits per heavy atom. The first kappa shape index (κ1) is 49.1. The maximum atomic E-state index is 14.8. The van der Waals surface area contributed by atoms with Gasteiger partial charge in [0.25, 0.3) is 5.76 Å². The lowest BCUT2D eigenvalue weighted by atomic mass is 9.55. The zero-order valence-electron chi connectivity index (χ0n) is 38.8. The van der Waals surface area contributed by atoms with Gasteiger partial charge in [0.2, 0.25) is 0 Å². The molecule has 16 atom stereocenters. The molecule has 1 aromatic carbocycles. The first-order chi connectivity index (χ1) is 31.9. The highest BCUT2D eigenvalue weighted by Gasteiger charge is 2.60. The average Bonchev–Trinajstić information content (AvgIpc) is 3.50. The second-order valence-corrected chi connectivity index (χ2v) is 20.0. The third-order valence-electron chi connectivity index (χ3n) is 15.5. The van der Waals surface area contributed by atoms with Gasteiger partial charge in [-0.2, -0.15) is 0 Å². The molecule has 0 amide bonds. The number of aliphatic hydroxyl groups excluding tert-OH is 3. The van der Waals surface area contributed by atoms with E-state index in [9.17, 15) is 39.6 Å². The van der Waals surface area contributed by atoms with Gasteiger partial charge >= 0.3 is 23.9 Å². The van der Waals surface area contributed by atoms with Crippen LogP contribution in [0.2, 0.25) is 5.02 Å². The van der Waals surface area contributed by atoms with E-state index in [1.165, 1.54) is 13.2 Å². The zero-order valence-corrected chi connectivity index (χ0v) is 39.5.